The topological polar surface area (TPSA) is 56.2 Å². The zero-order valence-corrected chi connectivity index (χ0v) is 13.7. The second kappa shape index (κ2) is 5.35. The SMILES string of the molecule is Cc1c(C2CC(F)(F)C2)nn(C2CC2)c1NC(=O)OC1CC(F)(F)C1. The van der Waals surface area contributed by atoms with Crippen molar-refractivity contribution < 1.29 is 27.1 Å². The molecule has 1 amide bonds. The average molecular weight is 361 g/mol. The zero-order chi connectivity index (χ0) is 18.0. The molecule has 0 unspecified atom stereocenters. The van der Waals surface area contributed by atoms with Crippen LogP contribution in [-0.4, -0.2) is 33.8 Å². The average Bonchev–Trinajstić information content (AvgIpc) is 3.22. The molecule has 4 rings (SSSR count). The lowest BCUT2D eigenvalue weighted by Gasteiger charge is -2.34. The Balaban J connectivity index is 1.47. The molecule has 1 aromatic rings. The van der Waals surface area contributed by atoms with E-state index in [0.29, 0.717) is 17.1 Å². The molecular weight excluding hydrogens is 342 g/mol. The number of amides is 1. The highest BCUT2D eigenvalue weighted by Crippen LogP contribution is 2.50. The van der Waals surface area contributed by atoms with Gasteiger partial charge < -0.3 is 4.74 Å². The van der Waals surface area contributed by atoms with Gasteiger partial charge in [0, 0.05) is 37.2 Å². The predicted octanol–water partition coefficient (Wildman–Crippen LogP) is 4.39. The quantitative estimate of drug-likeness (QED) is 0.810. The van der Waals surface area contributed by atoms with E-state index in [1.54, 1.807) is 11.6 Å². The van der Waals surface area contributed by atoms with Gasteiger partial charge in [-0.1, -0.05) is 0 Å². The number of hydrogen-bond donors (Lipinski definition) is 1. The Hall–Kier alpha value is -1.80. The molecule has 0 saturated heterocycles. The summed E-state index contributed by atoms with van der Waals surface area (Å²) >= 11 is 0. The summed E-state index contributed by atoms with van der Waals surface area (Å²) < 4.78 is 58.6. The van der Waals surface area contributed by atoms with Crippen LogP contribution < -0.4 is 5.32 Å². The smallest absolute Gasteiger partial charge is 0.413 e. The van der Waals surface area contributed by atoms with Crippen molar-refractivity contribution in [3.8, 4) is 0 Å². The highest BCUT2D eigenvalue weighted by atomic mass is 19.3. The third kappa shape index (κ3) is 3.20. The Morgan fingerprint density at radius 2 is 1.76 bits per heavy atom. The number of alkyl halides is 4. The van der Waals surface area contributed by atoms with Crippen LogP contribution in [0.4, 0.5) is 28.2 Å². The molecule has 1 N–H and O–H groups in total. The molecule has 3 aliphatic rings. The molecule has 9 heteroatoms. The van der Waals surface area contributed by atoms with Gasteiger partial charge in [0.25, 0.3) is 5.92 Å². The highest BCUT2D eigenvalue weighted by Gasteiger charge is 2.49. The Labute approximate surface area is 141 Å². The third-order valence-corrected chi connectivity index (χ3v) is 5.10. The minimum atomic E-state index is -2.76. The van der Waals surface area contributed by atoms with Crippen LogP contribution >= 0.6 is 0 Å². The van der Waals surface area contributed by atoms with Crippen molar-refractivity contribution in [2.24, 2.45) is 0 Å². The number of carbonyl (C=O) groups is 1. The number of ether oxygens (including phenoxy) is 1. The fraction of sp³-hybridized carbons (Fsp3) is 0.750. The minimum Gasteiger partial charge on any atom is -0.445 e. The molecular formula is C16H19F4N3O2. The van der Waals surface area contributed by atoms with Crippen molar-refractivity contribution in [2.75, 3.05) is 5.32 Å². The van der Waals surface area contributed by atoms with Crippen LogP contribution in [0.5, 0.6) is 0 Å². The lowest BCUT2D eigenvalue weighted by molar-refractivity contribution is -0.142. The monoisotopic (exact) mass is 361 g/mol. The summed E-state index contributed by atoms with van der Waals surface area (Å²) in [5, 5.41) is 7.02. The Kier molecular flexibility index (Phi) is 3.56. The standard InChI is InChI=1S/C16H19F4N3O2/c1-8-12(9-4-15(17,18)5-9)22-23(10-2-3-10)13(8)21-14(24)25-11-6-16(19,20)7-11/h9-11H,2-7H2,1H3,(H,21,24). The number of halogens is 4. The first-order valence-electron chi connectivity index (χ1n) is 8.46. The van der Waals surface area contributed by atoms with Crippen LogP contribution in [0, 0.1) is 6.92 Å². The number of nitrogens with one attached hydrogen (secondary N) is 1. The second-order valence-corrected chi connectivity index (χ2v) is 7.41. The van der Waals surface area contributed by atoms with Crippen molar-refractivity contribution in [1.82, 2.24) is 9.78 Å². The Bertz CT molecular complexity index is 698. The second-order valence-electron chi connectivity index (χ2n) is 7.41. The Morgan fingerprint density at radius 1 is 1.16 bits per heavy atom. The lowest BCUT2D eigenvalue weighted by atomic mass is 9.78. The van der Waals surface area contributed by atoms with E-state index in [1.165, 1.54) is 0 Å². The summed E-state index contributed by atoms with van der Waals surface area (Å²) in [6, 6.07) is 0.136. The van der Waals surface area contributed by atoms with Gasteiger partial charge in [-0.3, -0.25) is 5.32 Å². The first-order valence-corrected chi connectivity index (χ1v) is 8.46. The van der Waals surface area contributed by atoms with Gasteiger partial charge in [-0.25, -0.2) is 27.0 Å². The number of rotatable bonds is 4. The van der Waals surface area contributed by atoms with Crippen molar-refractivity contribution in [3.05, 3.63) is 11.3 Å². The zero-order valence-electron chi connectivity index (χ0n) is 13.7. The molecule has 0 radical (unpaired) electrons. The number of anilines is 1. The van der Waals surface area contributed by atoms with Crippen molar-refractivity contribution in [2.45, 2.75) is 75.4 Å². The minimum absolute atomic E-state index is 0.136. The number of aromatic nitrogens is 2. The molecule has 3 fully saturated rings. The van der Waals surface area contributed by atoms with Crippen LogP contribution in [0.1, 0.15) is 61.7 Å². The highest BCUT2D eigenvalue weighted by molar-refractivity contribution is 5.85. The molecule has 0 atom stereocenters. The molecule has 25 heavy (non-hydrogen) atoms. The number of carbonyl (C=O) groups excluding carboxylic acids is 1. The molecule has 1 aromatic heterocycles. The van der Waals surface area contributed by atoms with Crippen LogP contribution in [0.2, 0.25) is 0 Å². The van der Waals surface area contributed by atoms with E-state index in [1.807, 2.05) is 0 Å². The molecule has 5 nitrogen and oxygen atoms in total. The van der Waals surface area contributed by atoms with E-state index in [0.717, 1.165) is 12.8 Å². The number of nitrogens with zero attached hydrogens (tertiary/aromatic N) is 2. The number of hydrogen-bond acceptors (Lipinski definition) is 3. The van der Waals surface area contributed by atoms with Gasteiger partial charge in [-0.05, 0) is 19.8 Å². The first-order chi connectivity index (χ1) is 11.6. The summed E-state index contributed by atoms with van der Waals surface area (Å²) in [5.41, 5.74) is 1.21. The van der Waals surface area contributed by atoms with Gasteiger partial charge in [-0.15, -0.1) is 0 Å². The maximum absolute atomic E-state index is 13.2. The van der Waals surface area contributed by atoms with E-state index >= 15 is 0 Å². The summed E-state index contributed by atoms with van der Waals surface area (Å²) in [6.07, 6.45) is -1.21. The van der Waals surface area contributed by atoms with Crippen LogP contribution in [-0.2, 0) is 4.74 Å². The van der Waals surface area contributed by atoms with Crippen molar-refractivity contribution in [3.63, 3.8) is 0 Å². The van der Waals surface area contributed by atoms with E-state index in [2.05, 4.69) is 10.4 Å². The van der Waals surface area contributed by atoms with Crippen LogP contribution in [0.15, 0.2) is 0 Å². The first kappa shape index (κ1) is 16.7. The van der Waals surface area contributed by atoms with Crippen molar-refractivity contribution in [1.29, 1.82) is 0 Å². The maximum Gasteiger partial charge on any atom is 0.413 e. The summed E-state index contributed by atoms with van der Waals surface area (Å²) in [4.78, 5) is 12.0. The molecule has 0 spiro atoms. The molecule has 1 heterocycles. The van der Waals surface area contributed by atoms with Crippen LogP contribution in [0.3, 0.4) is 0 Å². The van der Waals surface area contributed by atoms with Gasteiger partial charge in [0.1, 0.15) is 11.9 Å². The molecule has 0 aromatic carbocycles. The molecule has 138 valence electrons. The fourth-order valence-corrected chi connectivity index (χ4v) is 3.48. The van der Waals surface area contributed by atoms with E-state index in [4.69, 9.17) is 4.74 Å². The molecule has 3 saturated carbocycles. The van der Waals surface area contributed by atoms with E-state index in [-0.39, 0.29) is 24.8 Å². The van der Waals surface area contributed by atoms with E-state index < -0.39 is 36.9 Å². The summed E-state index contributed by atoms with van der Waals surface area (Å²) in [6.45, 7) is 1.73. The van der Waals surface area contributed by atoms with Crippen molar-refractivity contribution >= 4 is 11.9 Å². The van der Waals surface area contributed by atoms with Crippen LogP contribution in [0.25, 0.3) is 0 Å². The summed E-state index contributed by atoms with van der Waals surface area (Å²) in [5.74, 6) is -5.32. The van der Waals surface area contributed by atoms with Gasteiger partial charge >= 0.3 is 6.09 Å². The lowest BCUT2D eigenvalue weighted by Crippen LogP contribution is -2.43. The fourth-order valence-electron chi connectivity index (χ4n) is 3.48. The maximum atomic E-state index is 13.2. The predicted molar refractivity (Wildman–Crippen MR) is 80.2 cm³/mol. The molecule has 0 aliphatic heterocycles. The normalized spacial score (nSPS) is 25.2. The van der Waals surface area contributed by atoms with Gasteiger partial charge in [0.15, 0.2) is 0 Å². The van der Waals surface area contributed by atoms with Gasteiger partial charge in [-0.2, -0.15) is 5.10 Å². The third-order valence-electron chi connectivity index (χ3n) is 5.10. The largest absolute Gasteiger partial charge is 0.445 e. The van der Waals surface area contributed by atoms with Gasteiger partial charge in [0.2, 0.25) is 5.92 Å². The van der Waals surface area contributed by atoms with Gasteiger partial charge in [0.05, 0.1) is 11.7 Å². The Morgan fingerprint density at radius 3 is 2.28 bits per heavy atom. The molecule has 0 bridgehead atoms. The summed E-state index contributed by atoms with van der Waals surface area (Å²) in [7, 11) is 0. The van der Waals surface area contributed by atoms with E-state index in [9.17, 15) is 22.4 Å². The molecule has 3 aliphatic carbocycles.